The Kier molecular flexibility index (Phi) is 4.19. The number of furan rings is 2. The van der Waals surface area contributed by atoms with Crippen LogP contribution in [0.25, 0.3) is 21.9 Å². The molecule has 7 heteroatoms. The lowest BCUT2D eigenvalue weighted by Gasteiger charge is -1.99. The number of carbonyl (C=O) groups is 3. The highest BCUT2D eigenvalue weighted by atomic mass is 16.5. The molecule has 140 valence electrons. The van der Waals surface area contributed by atoms with Gasteiger partial charge in [0.1, 0.15) is 22.7 Å². The van der Waals surface area contributed by atoms with Crippen molar-refractivity contribution < 1.29 is 32.7 Å². The van der Waals surface area contributed by atoms with Crippen molar-refractivity contribution in [2.75, 3.05) is 0 Å². The molecule has 0 aliphatic carbocycles. The molecule has 2 heterocycles. The predicted octanol–water partition coefficient (Wildman–Crippen LogP) is 4.26. The Bertz CT molecular complexity index is 1150. The first kappa shape index (κ1) is 17.5. The van der Waals surface area contributed by atoms with Gasteiger partial charge in [0.25, 0.3) is 5.78 Å². The number of esters is 2. The Balaban J connectivity index is 1.66. The van der Waals surface area contributed by atoms with Gasteiger partial charge in [0, 0.05) is 36.8 Å². The van der Waals surface area contributed by atoms with E-state index in [4.69, 9.17) is 18.3 Å². The van der Waals surface area contributed by atoms with Gasteiger partial charge >= 0.3 is 11.9 Å². The molecule has 0 aliphatic heterocycles. The maximum Gasteiger partial charge on any atom is 0.308 e. The summed E-state index contributed by atoms with van der Waals surface area (Å²) < 4.78 is 21.3. The van der Waals surface area contributed by atoms with Gasteiger partial charge < -0.3 is 18.3 Å². The van der Waals surface area contributed by atoms with Crippen LogP contribution in [0.3, 0.4) is 0 Å². The smallest absolute Gasteiger partial charge is 0.308 e. The molecule has 0 N–H and O–H groups in total. The molecule has 7 nitrogen and oxygen atoms in total. The van der Waals surface area contributed by atoms with Crippen LogP contribution in [0.15, 0.2) is 57.4 Å². The molecular formula is C21H14O7. The van der Waals surface area contributed by atoms with Crippen molar-refractivity contribution in [3.8, 4) is 11.5 Å². The molecule has 4 rings (SSSR count). The highest BCUT2D eigenvalue weighted by molar-refractivity contribution is 6.09. The quantitative estimate of drug-likeness (QED) is 0.297. The Labute approximate surface area is 158 Å². The second kappa shape index (κ2) is 6.70. The van der Waals surface area contributed by atoms with Gasteiger partial charge in [-0.15, -0.1) is 0 Å². The summed E-state index contributed by atoms with van der Waals surface area (Å²) in [5.41, 5.74) is 0.825. The first-order valence-electron chi connectivity index (χ1n) is 8.38. The molecule has 0 fully saturated rings. The van der Waals surface area contributed by atoms with E-state index in [0.717, 1.165) is 0 Å². The number of carbonyl (C=O) groups excluding carboxylic acids is 3. The van der Waals surface area contributed by atoms with Crippen molar-refractivity contribution in [1.29, 1.82) is 0 Å². The van der Waals surface area contributed by atoms with Crippen molar-refractivity contribution in [3.63, 3.8) is 0 Å². The molecule has 0 bridgehead atoms. The van der Waals surface area contributed by atoms with Crippen molar-refractivity contribution in [3.05, 3.63) is 60.1 Å². The second-order valence-corrected chi connectivity index (χ2v) is 6.14. The van der Waals surface area contributed by atoms with E-state index in [-0.39, 0.29) is 11.5 Å². The minimum Gasteiger partial charge on any atom is -0.452 e. The van der Waals surface area contributed by atoms with Gasteiger partial charge in [0.15, 0.2) is 11.5 Å². The molecule has 4 aromatic rings. The van der Waals surface area contributed by atoms with E-state index in [1.165, 1.54) is 26.0 Å². The summed E-state index contributed by atoms with van der Waals surface area (Å²) in [5, 5.41) is 1.38. The molecule has 2 aromatic carbocycles. The van der Waals surface area contributed by atoms with Gasteiger partial charge in [-0.3, -0.25) is 14.4 Å². The number of rotatable bonds is 4. The van der Waals surface area contributed by atoms with Gasteiger partial charge in [-0.05, 0) is 36.4 Å². The molecule has 0 radical (unpaired) electrons. The average molecular weight is 378 g/mol. The second-order valence-electron chi connectivity index (χ2n) is 6.14. The number of hydrogen-bond donors (Lipinski definition) is 0. The third kappa shape index (κ3) is 3.37. The van der Waals surface area contributed by atoms with E-state index in [1.54, 1.807) is 36.4 Å². The molecule has 0 saturated heterocycles. The minimum absolute atomic E-state index is 0.0919. The fourth-order valence-corrected chi connectivity index (χ4v) is 2.83. The van der Waals surface area contributed by atoms with Crippen LogP contribution in [0.4, 0.5) is 0 Å². The third-order valence-electron chi connectivity index (χ3n) is 3.95. The third-order valence-corrected chi connectivity index (χ3v) is 3.95. The van der Waals surface area contributed by atoms with E-state index < -0.39 is 17.7 Å². The monoisotopic (exact) mass is 378 g/mol. The number of ketones is 1. The Morgan fingerprint density at radius 3 is 1.50 bits per heavy atom. The van der Waals surface area contributed by atoms with Crippen LogP contribution in [0.1, 0.15) is 30.2 Å². The summed E-state index contributed by atoms with van der Waals surface area (Å²) in [6.45, 7) is 2.60. The summed E-state index contributed by atoms with van der Waals surface area (Å²) in [6.07, 6.45) is 0. The molecular weight excluding hydrogens is 364 g/mol. The van der Waals surface area contributed by atoms with Crippen molar-refractivity contribution in [2.45, 2.75) is 13.8 Å². The lowest BCUT2D eigenvalue weighted by Crippen LogP contribution is -2.00. The maximum atomic E-state index is 12.8. The number of hydrogen-bond acceptors (Lipinski definition) is 7. The van der Waals surface area contributed by atoms with Crippen LogP contribution >= 0.6 is 0 Å². The summed E-state index contributed by atoms with van der Waals surface area (Å²) in [5.74, 6) is -0.487. The minimum atomic E-state index is -0.447. The Morgan fingerprint density at radius 2 is 1.11 bits per heavy atom. The van der Waals surface area contributed by atoms with E-state index in [9.17, 15) is 14.4 Å². The number of benzene rings is 2. The fraction of sp³-hybridized carbons (Fsp3) is 0.0952. The van der Waals surface area contributed by atoms with Gasteiger partial charge in [-0.1, -0.05) is 0 Å². The zero-order chi connectivity index (χ0) is 19.8. The van der Waals surface area contributed by atoms with Crippen LogP contribution in [0.5, 0.6) is 11.5 Å². The van der Waals surface area contributed by atoms with Crippen LogP contribution in [-0.4, -0.2) is 17.7 Å². The van der Waals surface area contributed by atoms with Gasteiger partial charge in [0.2, 0.25) is 0 Å². The van der Waals surface area contributed by atoms with Crippen LogP contribution < -0.4 is 9.47 Å². The predicted molar refractivity (Wildman–Crippen MR) is 98.5 cm³/mol. The van der Waals surface area contributed by atoms with Crippen LogP contribution in [0.2, 0.25) is 0 Å². The Morgan fingerprint density at radius 1 is 0.679 bits per heavy atom. The van der Waals surface area contributed by atoms with Gasteiger partial charge in [-0.2, -0.15) is 0 Å². The van der Waals surface area contributed by atoms with Crippen LogP contribution in [0, 0.1) is 0 Å². The SMILES string of the molecule is CC(=O)Oc1ccc2cc(C(=O)c3cc4ccc(OC(C)=O)cc4o3)oc2c1. The largest absolute Gasteiger partial charge is 0.452 e. The van der Waals surface area contributed by atoms with E-state index >= 15 is 0 Å². The van der Waals surface area contributed by atoms with E-state index in [0.29, 0.717) is 33.4 Å². The topological polar surface area (TPSA) is 96.0 Å². The normalized spacial score (nSPS) is 10.9. The number of ether oxygens (including phenoxy) is 2. The summed E-state index contributed by atoms with van der Waals surface area (Å²) in [4.78, 5) is 34.9. The summed E-state index contributed by atoms with van der Waals surface area (Å²) >= 11 is 0. The zero-order valence-electron chi connectivity index (χ0n) is 15.0. The van der Waals surface area contributed by atoms with Gasteiger partial charge in [0.05, 0.1) is 0 Å². The van der Waals surface area contributed by atoms with Crippen molar-refractivity contribution >= 4 is 39.7 Å². The van der Waals surface area contributed by atoms with E-state index in [2.05, 4.69) is 0 Å². The van der Waals surface area contributed by atoms with Gasteiger partial charge in [-0.25, -0.2) is 0 Å². The molecule has 0 unspecified atom stereocenters. The lowest BCUT2D eigenvalue weighted by atomic mass is 10.2. The molecule has 0 amide bonds. The van der Waals surface area contributed by atoms with E-state index in [1.807, 2.05) is 0 Å². The summed E-state index contributed by atoms with van der Waals surface area (Å²) in [7, 11) is 0. The fourth-order valence-electron chi connectivity index (χ4n) is 2.83. The molecule has 0 saturated carbocycles. The highest BCUT2D eigenvalue weighted by Gasteiger charge is 2.20. The molecule has 0 aliphatic rings. The summed E-state index contributed by atoms with van der Waals surface area (Å²) in [6, 6.07) is 12.9. The molecule has 28 heavy (non-hydrogen) atoms. The first-order valence-corrected chi connectivity index (χ1v) is 8.38. The molecule has 0 atom stereocenters. The lowest BCUT2D eigenvalue weighted by molar-refractivity contribution is -0.132. The highest BCUT2D eigenvalue weighted by Crippen LogP contribution is 2.29. The first-order chi connectivity index (χ1) is 13.4. The molecule has 2 aromatic heterocycles. The standard InChI is InChI=1S/C21H14O7/c1-11(22)25-15-5-3-13-7-19(27-17(13)9-15)21(24)20-8-14-4-6-16(26-12(2)23)10-18(14)28-20/h3-10H,1-2H3. The Hall–Kier alpha value is -3.87. The van der Waals surface area contributed by atoms with Crippen LogP contribution in [-0.2, 0) is 9.59 Å². The van der Waals surface area contributed by atoms with Crippen molar-refractivity contribution in [2.24, 2.45) is 0 Å². The molecule has 0 spiro atoms. The van der Waals surface area contributed by atoms with Crippen molar-refractivity contribution in [1.82, 2.24) is 0 Å². The average Bonchev–Trinajstić information content (AvgIpc) is 3.23. The maximum absolute atomic E-state index is 12.8. The zero-order valence-corrected chi connectivity index (χ0v) is 15.0. The number of fused-ring (bicyclic) bond motifs is 2.